The van der Waals surface area contributed by atoms with E-state index in [-0.39, 0.29) is 5.91 Å². The van der Waals surface area contributed by atoms with Crippen LogP contribution in [0.25, 0.3) is 0 Å². The monoisotopic (exact) mass is 172 g/mol. The van der Waals surface area contributed by atoms with Gasteiger partial charge in [-0.3, -0.25) is 4.79 Å². The van der Waals surface area contributed by atoms with E-state index in [1.807, 2.05) is 21.1 Å². The first-order valence-corrected chi connectivity index (χ1v) is 3.96. The SMILES string of the molecule is C[N+](C)(C)NC(=O)C=CCCN. The fraction of sp³-hybridized carbons (Fsp3) is 0.625. The largest absolute Gasteiger partial charge is 0.330 e. The smallest absolute Gasteiger partial charge is 0.288 e. The molecule has 0 unspecified atom stereocenters. The molecule has 0 atom stereocenters. The van der Waals surface area contributed by atoms with Gasteiger partial charge in [-0.05, 0) is 13.0 Å². The lowest BCUT2D eigenvalue weighted by atomic mass is 10.4. The van der Waals surface area contributed by atoms with Crippen LogP contribution in [-0.2, 0) is 4.79 Å². The van der Waals surface area contributed by atoms with Crippen LogP contribution in [0, 0.1) is 0 Å². The van der Waals surface area contributed by atoms with Gasteiger partial charge in [-0.1, -0.05) is 6.08 Å². The van der Waals surface area contributed by atoms with E-state index in [0.29, 0.717) is 11.1 Å². The Kier molecular flexibility index (Phi) is 4.54. The summed E-state index contributed by atoms with van der Waals surface area (Å²) in [7, 11) is 5.65. The molecule has 0 aliphatic carbocycles. The highest BCUT2D eigenvalue weighted by Gasteiger charge is 2.08. The number of carbonyl (C=O) groups excluding carboxylic acids is 1. The molecule has 0 aromatic carbocycles. The summed E-state index contributed by atoms with van der Waals surface area (Å²) in [6.07, 6.45) is 4.02. The number of hydrogen-bond acceptors (Lipinski definition) is 2. The lowest BCUT2D eigenvalue weighted by molar-refractivity contribution is -0.905. The standard InChI is InChI=1S/C8H17N3O/c1-11(2,3)10-8(12)6-4-5-7-9/h4,6H,5,7,9H2,1-3H3/p+1. The third-order valence-corrected chi connectivity index (χ3v) is 1.05. The molecule has 0 radical (unpaired) electrons. The molecule has 0 aromatic rings. The van der Waals surface area contributed by atoms with E-state index in [1.165, 1.54) is 6.08 Å². The lowest BCUT2D eigenvalue weighted by Gasteiger charge is -2.22. The first-order valence-electron chi connectivity index (χ1n) is 3.96. The Morgan fingerprint density at radius 2 is 2.08 bits per heavy atom. The first kappa shape index (κ1) is 11.1. The number of nitrogens with two attached hydrogens (primary N) is 1. The van der Waals surface area contributed by atoms with Crippen molar-refractivity contribution < 1.29 is 9.39 Å². The van der Waals surface area contributed by atoms with Gasteiger partial charge in [0.1, 0.15) is 0 Å². The summed E-state index contributed by atoms with van der Waals surface area (Å²) < 4.78 is 0.422. The van der Waals surface area contributed by atoms with E-state index in [0.717, 1.165) is 6.42 Å². The van der Waals surface area contributed by atoms with Gasteiger partial charge in [0.05, 0.1) is 21.1 Å². The van der Waals surface area contributed by atoms with Crippen LogP contribution in [-0.4, -0.2) is 38.2 Å². The van der Waals surface area contributed by atoms with E-state index in [2.05, 4.69) is 5.43 Å². The maximum atomic E-state index is 11.1. The van der Waals surface area contributed by atoms with Gasteiger partial charge < -0.3 is 5.73 Å². The predicted molar refractivity (Wildman–Crippen MR) is 49.0 cm³/mol. The van der Waals surface area contributed by atoms with Gasteiger partial charge in [0, 0.05) is 6.08 Å². The minimum Gasteiger partial charge on any atom is -0.330 e. The summed E-state index contributed by atoms with van der Waals surface area (Å²) in [4.78, 5) is 11.1. The normalized spacial score (nSPS) is 12.0. The van der Waals surface area contributed by atoms with Crippen molar-refractivity contribution in [3.63, 3.8) is 0 Å². The van der Waals surface area contributed by atoms with Crippen molar-refractivity contribution in [3.05, 3.63) is 12.2 Å². The molecule has 4 heteroatoms. The average molecular weight is 172 g/mol. The Morgan fingerprint density at radius 1 is 1.50 bits per heavy atom. The molecule has 0 fully saturated rings. The predicted octanol–water partition coefficient (Wildman–Crippen LogP) is -0.371. The Balaban J connectivity index is 3.75. The molecular weight excluding hydrogens is 154 g/mol. The van der Waals surface area contributed by atoms with Crippen LogP contribution in [0.4, 0.5) is 0 Å². The Morgan fingerprint density at radius 3 is 2.50 bits per heavy atom. The van der Waals surface area contributed by atoms with Crippen molar-refractivity contribution in [2.24, 2.45) is 5.73 Å². The van der Waals surface area contributed by atoms with Crippen molar-refractivity contribution >= 4 is 5.91 Å². The topological polar surface area (TPSA) is 55.1 Å². The Bertz CT molecular complexity index is 170. The van der Waals surface area contributed by atoms with E-state index < -0.39 is 0 Å². The molecule has 0 aliphatic heterocycles. The van der Waals surface area contributed by atoms with E-state index in [1.54, 1.807) is 6.08 Å². The van der Waals surface area contributed by atoms with Gasteiger partial charge in [0.25, 0.3) is 5.91 Å². The Hall–Kier alpha value is -0.870. The number of rotatable bonds is 4. The van der Waals surface area contributed by atoms with Crippen LogP contribution in [0.3, 0.4) is 0 Å². The molecule has 0 rings (SSSR count). The molecule has 0 saturated heterocycles. The number of nitrogens with zero attached hydrogens (tertiary/aromatic N) is 1. The van der Waals surface area contributed by atoms with Gasteiger partial charge in [-0.15, -0.1) is 0 Å². The van der Waals surface area contributed by atoms with Crippen LogP contribution in [0.15, 0.2) is 12.2 Å². The van der Waals surface area contributed by atoms with Crippen LogP contribution in [0.1, 0.15) is 6.42 Å². The molecule has 3 N–H and O–H groups in total. The molecule has 12 heavy (non-hydrogen) atoms. The third-order valence-electron chi connectivity index (χ3n) is 1.05. The van der Waals surface area contributed by atoms with Crippen molar-refractivity contribution in [2.45, 2.75) is 6.42 Å². The molecule has 0 aromatic heterocycles. The van der Waals surface area contributed by atoms with Crippen LogP contribution in [0.5, 0.6) is 0 Å². The molecule has 1 amide bonds. The molecule has 0 spiro atoms. The van der Waals surface area contributed by atoms with Gasteiger partial charge in [-0.25, -0.2) is 4.59 Å². The van der Waals surface area contributed by atoms with E-state index in [9.17, 15) is 4.79 Å². The highest BCUT2D eigenvalue weighted by atomic mass is 16.2. The average Bonchev–Trinajstić information content (AvgIpc) is 1.84. The molecule has 0 bridgehead atoms. The van der Waals surface area contributed by atoms with Crippen molar-refractivity contribution in [2.75, 3.05) is 27.7 Å². The summed E-state index contributed by atoms with van der Waals surface area (Å²) in [6.45, 7) is 0.578. The second kappa shape index (κ2) is 4.90. The quantitative estimate of drug-likeness (QED) is 0.345. The summed E-state index contributed by atoms with van der Waals surface area (Å²) in [6, 6.07) is 0. The van der Waals surface area contributed by atoms with Crippen LogP contribution < -0.4 is 11.2 Å². The number of hydrogen-bond donors (Lipinski definition) is 2. The van der Waals surface area contributed by atoms with Crippen molar-refractivity contribution in [1.82, 2.24) is 5.43 Å². The molecule has 0 aliphatic rings. The molecule has 70 valence electrons. The van der Waals surface area contributed by atoms with Gasteiger partial charge >= 0.3 is 0 Å². The lowest BCUT2D eigenvalue weighted by Crippen LogP contribution is -2.50. The highest BCUT2D eigenvalue weighted by Crippen LogP contribution is 1.84. The van der Waals surface area contributed by atoms with E-state index >= 15 is 0 Å². The highest BCUT2D eigenvalue weighted by molar-refractivity contribution is 5.86. The van der Waals surface area contributed by atoms with Crippen LogP contribution in [0.2, 0.25) is 0 Å². The summed E-state index contributed by atoms with van der Waals surface area (Å²) in [5.41, 5.74) is 8.00. The zero-order chi connectivity index (χ0) is 9.61. The van der Waals surface area contributed by atoms with Gasteiger partial charge in [-0.2, -0.15) is 5.43 Å². The zero-order valence-electron chi connectivity index (χ0n) is 8.00. The molecule has 4 nitrogen and oxygen atoms in total. The fourth-order valence-corrected chi connectivity index (χ4v) is 0.654. The number of quaternary nitrogens is 1. The minimum absolute atomic E-state index is 0.0871. The maximum absolute atomic E-state index is 11.1. The Labute approximate surface area is 73.6 Å². The maximum Gasteiger partial charge on any atom is 0.288 e. The van der Waals surface area contributed by atoms with Crippen LogP contribution >= 0.6 is 0 Å². The molecule has 0 heterocycles. The number of carbonyl (C=O) groups is 1. The van der Waals surface area contributed by atoms with E-state index in [4.69, 9.17) is 5.73 Å². The summed E-state index contributed by atoms with van der Waals surface area (Å²) >= 11 is 0. The number of nitrogens with one attached hydrogen (secondary N) is 1. The summed E-state index contributed by atoms with van der Waals surface area (Å²) in [5.74, 6) is -0.0871. The van der Waals surface area contributed by atoms with Crippen molar-refractivity contribution in [1.29, 1.82) is 0 Å². The van der Waals surface area contributed by atoms with Crippen molar-refractivity contribution in [3.8, 4) is 0 Å². The molecule has 0 saturated carbocycles. The summed E-state index contributed by atoms with van der Waals surface area (Å²) in [5, 5.41) is 0. The minimum atomic E-state index is -0.0871. The second-order valence-electron chi connectivity index (χ2n) is 3.47. The fourth-order valence-electron chi connectivity index (χ4n) is 0.654. The number of amides is 1. The third kappa shape index (κ3) is 7.24. The van der Waals surface area contributed by atoms with Gasteiger partial charge in [0.2, 0.25) is 0 Å². The first-order chi connectivity index (χ1) is 5.45. The molecular formula is C8H18N3O+. The zero-order valence-corrected chi connectivity index (χ0v) is 8.00. The van der Waals surface area contributed by atoms with Gasteiger partial charge in [0.15, 0.2) is 0 Å². The second-order valence-corrected chi connectivity index (χ2v) is 3.47.